The number of carbonyl (C=O) groups is 1. The molecule has 17 heavy (non-hydrogen) atoms. The maximum absolute atomic E-state index is 12.1. The van der Waals surface area contributed by atoms with Crippen LogP contribution in [0.3, 0.4) is 0 Å². The molecule has 0 unspecified atom stereocenters. The molecule has 0 saturated heterocycles. The zero-order chi connectivity index (χ0) is 12.8. The van der Waals surface area contributed by atoms with Gasteiger partial charge in [-0.3, -0.25) is 4.79 Å². The summed E-state index contributed by atoms with van der Waals surface area (Å²) in [6.07, 6.45) is 3.28. The van der Waals surface area contributed by atoms with E-state index >= 15 is 0 Å². The first kappa shape index (κ1) is 13.2. The fourth-order valence-corrected chi connectivity index (χ4v) is 1.77. The van der Waals surface area contributed by atoms with E-state index in [4.69, 9.17) is 5.26 Å². The minimum Gasteiger partial charge on any atom is -0.337 e. The van der Waals surface area contributed by atoms with Crippen molar-refractivity contribution < 1.29 is 4.79 Å². The summed E-state index contributed by atoms with van der Waals surface area (Å²) in [4.78, 5) is 17.8. The molecule has 0 atom stereocenters. The molecular formula is C13H17N3O. The van der Waals surface area contributed by atoms with E-state index in [1.165, 1.54) is 6.20 Å². The molecule has 1 heterocycles. The van der Waals surface area contributed by atoms with Crippen molar-refractivity contribution in [1.82, 2.24) is 9.88 Å². The van der Waals surface area contributed by atoms with E-state index in [-0.39, 0.29) is 11.9 Å². The van der Waals surface area contributed by atoms with Crippen molar-refractivity contribution in [3.05, 3.63) is 29.6 Å². The lowest BCUT2D eigenvalue weighted by molar-refractivity contribution is 0.0718. The predicted molar refractivity (Wildman–Crippen MR) is 65.4 cm³/mol. The van der Waals surface area contributed by atoms with Gasteiger partial charge >= 0.3 is 0 Å². The molecule has 0 aliphatic carbocycles. The normalized spacial score (nSPS) is 10.1. The van der Waals surface area contributed by atoms with Crippen molar-refractivity contribution in [3.63, 3.8) is 0 Å². The molecule has 1 amide bonds. The van der Waals surface area contributed by atoms with Crippen LogP contribution in [0.5, 0.6) is 0 Å². The number of hydrogen-bond donors (Lipinski definition) is 0. The first-order valence-corrected chi connectivity index (χ1v) is 5.77. The second kappa shape index (κ2) is 6.00. The molecule has 0 aliphatic heterocycles. The first-order valence-electron chi connectivity index (χ1n) is 5.77. The second-order valence-electron chi connectivity index (χ2n) is 3.93. The third-order valence-corrected chi connectivity index (χ3v) is 2.92. The fraction of sp³-hybridized carbons (Fsp3) is 0.462. The quantitative estimate of drug-likeness (QED) is 0.798. The highest BCUT2D eigenvalue weighted by molar-refractivity contribution is 5.92. The molecule has 0 N–H and O–H groups in total. The van der Waals surface area contributed by atoms with Gasteiger partial charge in [-0.25, -0.2) is 4.98 Å². The van der Waals surface area contributed by atoms with E-state index in [0.717, 1.165) is 12.8 Å². The molecule has 0 radical (unpaired) electrons. The number of nitrogens with zero attached hydrogens (tertiary/aromatic N) is 3. The third kappa shape index (κ3) is 3.04. The number of amides is 1. The molecule has 90 valence electrons. The molecule has 0 spiro atoms. The van der Waals surface area contributed by atoms with Gasteiger partial charge in [0.15, 0.2) is 0 Å². The van der Waals surface area contributed by atoms with Crippen molar-refractivity contribution >= 4 is 5.91 Å². The molecule has 1 aromatic heterocycles. The Balaban J connectivity index is 2.85. The molecule has 0 fully saturated rings. The average Bonchev–Trinajstić information content (AvgIpc) is 2.39. The highest BCUT2D eigenvalue weighted by Gasteiger charge is 2.19. The maximum Gasteiger partial charge on any atom is 0.272 e. The molecule has 1 aromatic rings. The van der Waals surface area contributed by atoms with E-state index in [0.29, 0.717) is 11.3 Å². The number of hydrogen-bond acceptors (Lipinski definition) is 3. The maximum atomic E-state index is 12.1. The van der Waals surface area contributed by atoms with Crippen molar-refractivity contribution in [2.75, 3.05) is 7.05 Å². The second-order valence-corrected chi connectivity index (χ2v) is 3.93. The van der Waals surface area contributed by atoms with Crippen molar-refractivity contribution in [2.45, 2.75) is 32.7 Å². The summed E-state index contributed by atoms with van der Waals surface area (Å²) >= 11 is 0. The van der Waals surface area contributed by atoms with Gasteiger partial charge in [0.2, 0.25) is 0 Å². The number of rotatable bonds is 4. The highest BCUT2D eigenvalue weighted by atomic mass is 16.2. The van der Waals surface area contributed by atoms with E-state index in [9.17, 15) is 4.79 Å². The van der Waals surface area contributed by atoms with Gasteiger partial charge in [0, 0.05) is 19.3 Å². The minimum atomic E-state index is -0.0943. The van der Waals surface area contributed by atoms with Gasteiger partial charge in [-0.1, -0.05) is 13.8 Å². The summed E-state index contributed by atoms with van der Waals surface area (Å²) in [7, 11) is 1.79. The van der Waals surface area contributed by atoms with Crippen LogP contribution in [0.1, 0.15) is 42.7 Å². The molecule has 0 saturated carbocycles. The van der Waals surface area contributed by atoms with Crippen LogP contribution in [0.25, 0.3) is 0 Å². The number of carbonyl (C=O) groups excluding carboxylic acids is 1. The van der Waals surface area contributed by atoms with Crippen LogP contribution in [-0.2, 0) is 0 Å². The summed E-state index contributed by atoms with van der Waals surface area (Å²) < 4.78 is 0. The van der Waals surface area contributed by atoms with Crippen LogP contribution in [0.4, 0.5) is 0 Å². The van der Waals surface area contributed by atoms with E-state index in [1.807, 2.05) is 6.07 Å². The van der Waals surface area contributed by atoms with Crippen LogP contribution in [-0.4, -0.2) is 28.9 Å². The van der Waals surface area contributed by atoms with E-state index in [2.05, 4.69) is 18.8 Å². The van der Waals surface area contributed by atoms with Crippen molar-refractivity contribution in [2.24, 2.45) is 0 Å². The Bertz CT molecular complexity index is 415. The number of pyridine rings is 1. The predicted octanol–water partition coefficient (Wildman–Crippen LogP) is 2.21. The zero-order valence-corrected chi connectivity index (χ0v) is 10.5. The summed E-state index contributed by atoms with van der Waals surface area (Å²) in [5.74, 6) is -0.0943. The summed E-state index contributed by atoms with van der Waals surface area (Å²) in [6.45, 7) is 4.12. The molecule has 1 rings (SSSR count). The number of nitriles is 1. The molecule has 4 heteroatoms. The van der Waals surface area contributed by atoms with Crippen LogP contribution in [0.2, 0.25) is 0 Å². The third-order valence-electron chi connectivity index (χ3n) is 2.92. The Kier molecular flexibility index (Phi) is 4.65. The van der Waals surface area contributed by atoms with Gasteiger partial charge in [0.1, 0.15) is 11.8 Å². The Hall–Kier alpha value is -1.89. The molecule has 4 nitrogen and oxygen atoms in total. The Morgan fingerprint density at radius 1 is 1.47 bits per heavy atom. The topological polar surface area (TPSA) is 57.0 Å². The standard InChI is InChI=1S/C13H17N3O/c1-4-11(5-2)16(3)13(17)12-7-6-10(8-14)9-15-12/h6-7,9,11H,4-5H2,1-3H3. The molecule has 0 aromatic carbocycles. The fourth-order valence-electron chi connectivity index (χ4n) is 1.77. The largest absolute Gasteiger partial charge is 0.337 e. The Morgan fingerprint density at radius 3 is 2.53 bits per heavy atom. The van der Waals surface area contributed by atoms with Crippen molar-refractivity contribution in [1.29, 1.82) is 5.26 Å². The zero-order valence-electron chi connectivity index (χ0n) is 10.5. The van der Waals surface area contributed by atoms with E-state index in [1.54, 1.807) is 24.1 Å². The van der Waals surface area contributed by atoms with Gasteiger partial charge in [-0.2, -0.15) is 5.26 Å². The molecule has 0 bridgehead atoms. The summed E-state index contributed by atoms with van der Waals surface area (Å²) in [5.41, 5.74) is 0.852. The van der Waals surface area contributed by atoms with Crippen molar-refractivity contribution in [3.8, 4) is 6.07 Å². The Morgan fingerprint density at radius 2 is 2.12 bits per heavy atom. The summed E-state index contributed by atoms with van der Waals surface area (Å²) in [5, 5.41) is 8.66. The SMILES string of the molecule is CCC(CC)N(C)C(=O)c1ccc(C#N)cn1. The molecular weight excluding hydrogens is 214 g/mol. The smallest absolute Gasteiger partial charge is 0.272 e. The number of aromatic nitrogens is 1. The van der Waals surface area contributed by atoms with E-state index < -0.39 is 0 Å². The monoisotopic (exact) mass is 231 g/mol. The Labute approximate surface area is 102 Å². The van der Waals surface area contributed by atoms with Crippen LogP contribution < -0.4 is 0 Å². The lowest BCUT2D eigenvalue weighted by atomic mass is 10.1. The van der Waals surface area contributed by atoms with Gasteiger partial charge in [-0.05, 0) is 25.0 Å². The average molecular weight is 231 g/mol. The highest BCUT2D eigenvalue weighted by Crippen LogP contribution is 2.10. The van der Waals surface area contributed by atoms with Gasteiger partial charge in [0.25, 0.3) is 5.91 Å². The van der Waals surface area contributed by atoms with Gasteiger partial charge in [0.05, 0.1) is 5.56 Å². The first-order chi connectivity index (χ1) is 8.13. The lowest BCUT2D eigenvalue weighted by Gasteiger charge is -2.25. The van der Waals surface area contributed by atoms with Gasteiger partial charge < -0.3 is 4.90 Å². The molecule has 0 aliphatic rings. The van der Waals surface area contributed by atoms with Crippen LogP contribution >= 0.6 is 0 Å². The minimum absolute atomic E-state index is 0.0943. The lowest BCUT2D eigenvalue weighted by Crippen LogP contribution is -2.36. The van der Waals surface area contributed by atoms with Gasteiger partial charge in [-0.15, -0.1) is 0 Å². The van der Waals surface area contributed by atoms with Crippen LogP contribution in [0, 0.1) is 11.3 Å². The van der Waals surface area contributed by atoms with Crippen LogP contribution in [0.15, 0.2) is 18.3 Å². The summed E-state index contributed by atoms with van der Waals surface area (Å²) in [6, 6.07) is 5.43.